The van der Waals surface area contributed by atoms with Gasteiger partial charge in [0, 0.05) is 18.7 Å². The van der Waals surface area contributed by atoms with E-state index in [-0.39, 0.29) is 11.3 Å². The van der Waals surface area contributed by atoms with E-state index in [2.05, 4.69) is 30.2 Å². The number of rotatable bonds is 10. The summed E-state index contributed by atoms with van der Waals surface area (Å²) in [5, 5.41) is 4.05. The standard InChI is InChI=1S/C23H29ClN6O3/c1-15(2)33-18-12-16(32-10-6-9-30-7-4-5-8-30)11-17-20(18)22(27-14-26-17)29-23-21(24)25-13-19(28-23)31-3/h11-15H,4-10H2,1-3H3,(H,26,27,28,29). The molecule has 176 valence electrons. The average Bonchev–Trinajstić information content (AvgIpc) is 3.31. The molecule has 3 heterocycles. The average molecular weight is 473 g/mol. The van der Waals surface area contributed by atoms with E-state index in [4.69, 9.17) is 25.8 Å². The fourth-order valence-corrected chi connectivity index (χ4v) is 3.93. The van der Waals surface area contributed by atoms with Crippen molar-refractivity contribution >= 4 is 34.1 Å². The second-order valence-corrected chi connectivity index (χ2v) is 8.49. The molecule has 9 nitrogen and oxygen atoms in total. The zero-order chi connectivity index (χ0) is 23.2. The molecule has 10 heteroatoms. The van der Waals surface area contributed by atoms with Gasteiger partial charge >= 0.3 is 0 Å². The van der Waals surface area contributed by atoms with Gasteiger partial charge in [-0.3, -0.25) is 0 Å². The normalized spacial score (nSPS) is 14.1. The summed E-state index contributed by atoms with van der Waals surface area (Å²) in [5.74, 6) is 2.49. The van der Waals surface area contributed by atoms with E-state index < -0.39 is 0 Å². The van der Waals surface area contributed by atoms with Gasteiger partial charge in [0.05, 0.1) is 36.9 Å². The first-order valence-electron chi connectivity index (χ1n) is 11.2. The molecule has 33 heavy (non-hydrogen) atoms. The summed E-state index contributed by atoms with van der Waals surface area (Å²) in [5.41, 5.74) is 0.687. The molecule has 1 fully saturated rings. The molecular weight excluding hydrogens is 444 g/mol. The van der Waals surface area contributed by atoms with E-state index in [9.17, 15) is 0 Å². The second kappa shape index (κ2) is 10.8. The fraction of sp³-hybridized carbons (Fsp3) is 0.478. The second-order valence-electron chi connectivity index (χ2n) is 8.13. The van der Waals surface area contributed by atoms with E-state index in [1.807, 2.05) is 26.0 Å². The summed E-state index contributed by atoms with van der Waals surface area (Å²) >= 11 is 6.23. The van der Waals surface area contributed by atoms with Crippen LogP contribution >= 0.6 is 11.6 Å². The molecule has 0 bridgehead atoms. The minimum atomic E-state index is -0.0492. The van der Waals surface area contributed by atoms with Gasteiger partial charge in [0.15, 0.2) is 11.0 Å². The summed E-state index contributed by atoms with van der Waals surface area (Å²) in [4.78, 5) is 19.8. The van der Waals surface area contributed by atoms with Crippen molar-refractivity contribution in [3.05, 3.63) is 29.8 Å². The Hall–Kier alpha value is -2.91. The fourth-order valence-electron chi connectivity index (χ4n) is 3.79. The number of aromatic nitrogens is 4. The molecule has 0 radical (unpaired) electrons. The number of halogens is 1. The Labute approximate surface area is 198 Å². The van der Waals surface area contributed by atoms with Crippen molar-refractivity contribution in [1.82, 2.24) is 24.8 Å². The van der Waals surface area contributed by atoms with Crippen LogP contribution in [0.4, 0.5) is 11.6 Å². The Morgan fingerprint density at radius 3 is 2.70 bits per heavy atom. The van der Waals surface area contributed by atoms with E-state index in [0.29, 0.717) is 46.5 Å². The summed E-state index contributed by atoms with van der Waals surface area (Å²) in [6.07, 6.45) is 6.44. The largest absolute Gasteiger partial charge is 0.493 e. The number of hydrogen-bond acceptors (Lipinski definition) is 9. The Balaban J connectivity index is 1.59. The van der Waals surface area contributed by atoms with Crippen molar-refractivity contribution in [2.24, 2.45) is 0 Å². The van der Waals surface area contributed by atoms with E-state index >= 15 is 0 Å². The van der Waals surface area contributed by atoms with Gasteiger partial charge in [0.1, 0.15) is 23.6 Å². The van der Waals surface area contributed by atoms with Crippen molar-refractivity contribution in [1.29, 1.82) is 0 Å². The molecule has 1 saturated heterocycles. The lowest BCUT2D eigenvalue weighted by molar-refractivity contribution is 0.240. The highest BCUT2D eigenvalue weighted by Crippen LogP contribution is 2.36. The summed E-state index contributed by atoms with van der Waals surface area (Å²) in [6, 6.07) is 3.77. The quantitative estimate of drug-likeness (QED) is 0.428. The SMILES string of the molecule is COc1cnc(Cl)c(Nc2ncnc3cc(OCCCN4CCCC4)cc(OC(C)C)c23)n1. The number of methoxy groups -OCH3 is 1. The van der Waals surface area contributed by atoms with Gasteiger partial charge in [0.25, 0.3) is 0 Å². The third kappa shape index (κ3) is 5.91. The topological polar surface area (TPSA) is 94.5 Å². The first-order chi connectivity index (χ1) is 16.0. The van der Waals surface area contributed by atoms with Gasteiger partial charge in [-0.15, -0.1) is 0 Å². The minimum Gasteiger partial charge on any atom is -0.493 e. The molecule has 1 N–H and O–H groups in total. The molecule has 0 aliphatic carbocycles. The predicted molar refractivity (Wildman–Crippen MR) is 128 cm³/mol. The summed E-state index contributed by atoms with van der Waals surface area (Å²) in [7, 11) is 1.52. The van der Waals surface area contributed by atoms with Crippen molar-refractivity contribution < 1.29 is 14.2 Å². The Bertz CT molecular complexity index is 1090. The number of nitrogens with zero attached hydrogens (tertiary/aromatic N) is 5. The number of hydrogen-bond donors (Lipinski definition) is 1. The maximum Gasteiger partial charge on any atom is 0.234 e. The van der Waals surface area contributed by atoms with Crippen molar-refractivity contribution in [2.45, 2.75) is 39.2 Å². The summed E-state index contributed by atoms with van der Waals surface area (Å²) < 4.78 is 17.3. The predicted octanol–water partition coefficient (Wildman–Crippen LogP) is 4.48. The Morgan fingerprint density at radius 1 is 1.12 bits per heavy atom. The maximum absolute atomic E-state index is 6.23. The maximum atomic E-state index is 6.23. The molecule has 1 aliphatic rings. The number of benzene rings is 1. The number of ether oxygens (including phenoxy) is 3. The molecular formula is C23H29ClN6O3. The molecule has 0 saturated carbocycles. The van der Waals surface area contributed by atoms with Crippen molar-refractivity contribution in [2.75, 3.05) is 38.7 Å². The van der Waals surface area contributed by atoms with Crippen LogP contribution in [0.2, 0.25) is 5.15 Å². The lowest BCUT2D eigenvalue weighted by atomic mass is 10.2. The number of fused-ring (bicyclic) bond motifs is 1. The van der Waals surface area contributed by atoms with Crippen molar-refractivity contribution in [3.63, 3.8) is 0 Å². The lowest BCUT2D eigenvalue weighted by Crippen LogP contribution is -2.21. The van der Waals surface area contributed by atoms with Crippen LogP contribution in [0.15, 0.2) is 24.7 Å². The minimum absolute atomic E-state index is 0.0492. The molecule has 4 rings (SSSR count). The van der Waals surface area contributed by atoms with Gasteiger partial charge in [-0.2, -0.15) is 4.98 Å². The molecule has 0 spiro atoms. The highest BCUT2D eigenvalue weighted by atomic mass is 35.5. The van der Waals surface area contributed by atoms with Crippen molar-refractivity contribution in [3.8, 4) is 17.4 Å². The third-order valence-corrected chi connectivity index (χ3v) is 5.55. The van der Waals surface area contributed by atoms with Crippen LogP contribution in [0.1, 0.15) is 33.1 Å². The van der Waals surface area contributed by atoms with E-state index in [1.54, 1.807) is 0 Å². The molecule has 0 atom stereocenters. The van der Waals surface area contributed by atoms with Crippen LogP contribution in [-0.4, -0.2) is 64.3 Å². The molecule has 0 amide bonds. The molecule has 3 aromatic rings. The highest BCUT2D eigenvalue weighted by molar-refractivity contribution is 6.31. The monoisotopic (exact) mass is 472 g/mol. The van der Waals surface area contributed by atoms with Crippen LogP contribution in [0.5, 0.6) is 17.4 Å². The van der Waals surface area contributed by atoms with Crippen LogP contribution < -0.4 is 19.5 Å². The summed E-state index contributed by atoms with van der Waals surface area (Å²) in [6.45, 7) is 8.01. The van der Waals surface area contributed by atoms with Gasteiger partial charge in [-0.05, 0) is 46.2 Å². The first kappa shape index (κ1) is 23.3. The molecule has 1 aromatic carbocycles. The Kier molecular flexibility index (Phi) is 7.61. The lowest BCUT2D eigenvalue weighted by Gasteiger charge is -2.18. The smallest absolute Gasteiger partial charge is 0.234 e. The van der Waals surface area contributed by atoms with Crippen LogP contribution in [-0.2, 0) is 0 Å². The zero-order valence-corrected chi connectivity index (χ0v) is 19.9. The number of nitrogens with one attached hydrogen (secondary N) is 1. The molecule has 2 aromatic heterocycles. The first-order valence-corrected chi connectivity index (χ1v) is 11.6. The Morgan fingerprint density at radius 2 is 1.94 bits per heavy atom. The van der Waals surface area contributed by atoms with Gasteiger partial charge < -0.3 is 24.4 Å². The number of likely N-dealkylation sites (tertiary alicyclic amines) is 1. The van der Waals surface area contributed by atoms with Gasteiger partial charge in [-0.1, -0.05) is 11.6 Å². The van der Waals surface area contributed by atoms with Gasteiger partial charge in [-0.25, -0.2) is 15.0 Å². The van der Waals surface area contributed by atoms with E-state index in [0.717, 1.165) is 13.0 Å². The van der Waals surface area contributed by atoms with Gasteiger partial charge in [0.2, 0.25) is 5.88 Å². The zero-order valence-electron chi connectivity index (χ0n) is 19.2. The van der Waals surface area contributed by atoms with Crippen LogP contribution in [0, 0.1) is 0 Å². The van der Waals surface area contributed by atoms with Crippen LogP contribution in [0.25, 0.3) is 10.9 Å². The molecule has 0 unspecified atom stereocenters. The molecule has 1 aliphatic heterocycles. The third-order valence-electron chi connectivity index (χ3n) is 5.28. The highest BCUT2D eigenvalue weighted by Gasteiger charge is 2.17. The van der Waals surface area contributed by atoms with Crippen LogP contribution in [0.3, 0.4) is 0 Å². The number of anilines is 2. The van der Waals surface area contributed by atoms with E-state index in [1.165, 1.54) is 45.6 Å².